The molecule has 1 saturated heterocycles. The van der Waals surface area contributed by atoms with Crippen LogP contribution in [0.1, 0.15) is 31.2 Å². The molecule has 2 aromatic rings. The van der Waals surface area contributed by atoms with Crippen LogP contribution < -0.4 is 20.9 Å². The Kier molecular flexibility index (Phi) is 4.46. The summed E-state index contributed by atoms with van der Waals surface area (Å²) in [5, 5.41) is 8.04. The number of nitrogens with zero attached hydrogens (tertiary/aromatic N) is 1. The van der Waals surface area contributed by atoms with E-state index in [0.717, 1.165) is 24.3 Å². The van der Waals surface area contributed by atoms with Gasteiger partial charge in [0.05, 0.1) is 0 Å². The van der Waals surface area contributed by atoms with E-state index in [1.807, 2.05) is 24.3 Å². The van der Waals surface area contributed by atoms with E-state index in [0.29, 0.717) is 25.7 Å². The standard InChI is InChI=1S/C23H24N4O3/c28-20(16-9-12-23(13-10-16)21(29)25-22(30)26-23)24-17-5-7-18(8-6-17)27-14-11-15-3-1-2-4-19(15)27/h1-8,16H,9-14H2,(H,24,28)(H2,25,26,29,30). The molecule has 0 unspecified atom stereocenters. The lowest BCUT2D eigenvalue weighted by Crippen LogP contribution is -2.50. The molecule has 2 heterocycles. The Hall–Kier alpha value is -3.35. The van der Waals surface area contributed by atoms with Gasteiger partial charge >= 0.3 is 6.03 Å². The smallest absolute Gasteiger partial charge is 0.322 e. The Labute approximate surface area is 174 Å². The van der Waals surface area contributed by atoms with Gasteiger partial charge in [0.2, 0.25) is 5.91 Å². The number of para-hydroxylation sites is 1. The summed E-state index contributed by atoms with van der Waals surface area (Å²) in [6.07, 6.45) is 3.15. The Morgan fingerprint density at radius 2 is 1.77 bits per heavy atom. The fourth-order valence-electron chi connectivity index (χ4n) is 4.83. The highest BCUT2D eigenvalue weighted by molar-refractivity contribution is 6.07. The van der Waals surface area contributed by atoms with Crippen LogP contribution in [0.5, 0.6) is 0 Å². The van der Waals surface area contributed by atoms with Crippen LogP contribution in [0.4, 0.5) is 21.9 Å². The number of hydrogen-bond donors (Lipinski definition) is 3. The lowest BCUT2D eigenvalue weighted by molar-refractivity contribution is -0.128. The fraction of sp³-hybridized carbons (Fsp3) is 0.348. The number of fused-ring (bicyclic) bond motifs is 1. The van der Waals surface area contributed by atoms with Crippen molar-refractivity contribution >= 4 is 34.9 Å². The molecule has 0 atom stereocenters. The van der Waals surface area contributed by atoms with Gasteiger partial charge in [-0.2, -0.15) is 0 Å². The summed E-state index contributed by atoms with van der Waals surface area (Å²) in [6, 6.07) is 15.9. The zero-order valence-electron chi connectivity index (χ0n) is 16.6. The molecule has 1 spiro atoms. The second-order valence-corrected chi connectivity index (χ2v) is 8.33. The molecule has 1 aliphatic carbocycles. The SMILES string of the molecule is O=C1NC(=O)C2(CCC(C(=O)Nc3ccc(N4CCc5ccccc54)cc3)CC2)N1. The average molecular weight is 404 g/mol. The highest BCUT2D eigenvalue weighted by Crippen LogP contribution is 2.36. The van der Waals surface area contributed by atoms with Gasteiger partial charge in [0, 0.05) is 29.5 Å². The molecule has 4 amide bonds. The minimum Gasteiger partial charge on any atom is -0.341 e. The number of benzene rings is 2. The molecule has 3 N–H and O–H groups in total. The summed E-state index contributed by atoms with van der Waals surface area (Å²) in [7, 11) is 0. The van der Waals surface area contributed by atoms with Crippen LogP contribution in [0.2, 0.25) is 0 Å². The van der Waals surface area contributed by atoms with Gasteiger partial charge in [-0.1, -0.05) is 18.2 Å². The largest absolute Gasteiger partial charge is 0.341 e. The van der Waals surface area contributed by atoms with E-state index < -0.39 is 11.6 Å². The van der Waals surface area contributed by atoms with E-state index in [1.165, 1.54) is 11.3 Å². The van der Waals surface area contributed by atoms with Gasteiger partial charge < -0.3 is 15.5 Å². The van der Waals surface area contributed by atoms with E-state index in [-0.39, 0.29) is 17.7 Å². The van der Waals surface area contributed by atoms with Crippen LogP contribution in [0.15, 0.2) is 48.5 Å². The molecule has 30 heavy (non-hydrogen) atoms. The monoisotopic (exact) mass is 404 g/mol. The molecule has 154 valence electrons. The van der Waals surface area contributed by atoms with Crippen molar-refractivity contribution in [3.63, 3.8) is 0 Å². The van der Waals surface area contributed by atoms with Crippen LogP contribution in [-0.2, 0) is 16.0 Å². The first-order valence-corrected chi connectivity index (χ1v) is 10.4. The molecule has 7 heteroatoms. The topological polar surface area (TPSA) is 90.5 Å². The fourth-order valence-corrected chi connectivity index (χ4v) is 4.83. The number of urea groups is 1. The predicted octanol–water partition coefficient (Wildman–Crippen LogP) is 3.09. The second-order valence-electron chi connectivity index (χ2n) is 8.33. The van der Waals surface area contributed by atoms with E-state index in [2.05, 4.69) is 45.1 Å². The molecule has 0 radical (unpaired) electrons. The number of amides is 4. The van der Waals surface area contributed by atoms with Crippen LogP contribution in [-0.4, -0.2) is 29.9 Å². The zero-order valence-corrected chi connectivity index (χ0v) is 16.6. The van der Waals surface area contributed by atoms with E-state index >= 15 is 0 Å². The van der Waals surface area contributed by atoms with Crippen LogP contribution in [0.25, 0.3) is 0 Å². The Balaban J connectivity index is 1.20. The number of carbonyl (C=O) groups excluding carboxylic acids is 3. The maximum atomic E-state index is 12.7. The van der Waals surface area contributed by atoms with Gasteiger partial charge in [-0.3, -0.25) is 14.9 Å². The van der Waals surface area contributed by atoms with Gasteiger partial charge in [-0.15, -0.1) is 0 Å². The minimum atomic E-state index is -0.832. The van der Waals surface area contributed by atoms with Crippen molar-refractivity contribution in [2.75, 3.05) is 16.8 Å². The van der Waals surface area contributed by atoms with Crippen molar-refractivity contribution in [3.05, 3.63) is 54.1 Å². The third-order valence-electron chi connectivity index (χ3n) is 6.56. The number of anilines is 3. The maximum Gasteiger partial charge on any atom is 0.322 e. The number of hydrogen-bond acceptors (Lipinski definition) is 4. The van der Waals surface area contributed by atoms with E-state index in [4.69, 9.17) is 0 Å². The quantitative estimate of drug-likeness (QED) is 0.686. The van der Waals surface area contributed by atoms with Crippen molar-refractivity contribution in [1.29, 1.82) is 0 Å². The molecule has 2 fully saturated rings. The third kappa shape index (κ3) is 3.20. The van der Waals surface area contributed by atoms with Crippen molar-refractivity contribution in [2.45, 2.75) is 37.6 Å². The van der Waals surface area contributed by atoms with Gasteiger partial charge in [0.1, 0.15) is 5.54 Å². The highest BCUT2D eigenvalue weighted by Gasteiger charge is 2.48. The summed E-state index contributed by atoms with van der Waals surface area (Å²) < 4.78 is 0. The van der Waals surface area contributed by atoms with E-state index in [9.17, 15) is 14.4 Å². The molecular weight excluding hydrogens is 380 g/mol. The molecule has 3 aliphatic rings. The van der Waals surface area contributed by atoms with Crippen molar-refractivity contribution in [2.24, 2.45) is 5.92 Å². The summed E-state index contributed by atoms with van der Waals surface area (Å²) in [5.41, 5.74) is 3.65. The van der Waals surface area contributed by atoms with Crippen LogP contribution in [0, 0.1) is 5.92 Å². The molecule has 5 rings (SSSR count). The van der Waals surface area contributed by atoms with Gasteiger partial charge in [-0.05, 0) is 68.0 Å². The maximum absolute atomic E-state index is 12.7. The highest BCUT2D eigenvalue weighted by atomic mass is 16.2. The second kappa shape index (κ2) is 7.16. The first-order valence-electron chi connectivity index (χ1n) is 10.4. The number of rotatable bonds is 3. The van der Waals surface area contributed by atoms with Gasteiger partial charge in [-0.25, -0.2) is 4.79 Å². The number of nitrogens with one attached hydrogen (secondary N) is 3. The Morgan fingerprint density at radius 3 is 2.47 bits per heavy atom. The summed E-state index contributed by atoms with van der Waals surface area (Å²) >= 11 is 0. The molecule has 2 aromatic carbocycles. The zero-order chi connectivity index (χ0) is 20.7. The Bertz CT molecular complexity index is 1010. The first-order chi connectivity index (χ1) is 14.5. The molecule has 0 bridgehead atoms. The van der Waals surface area contributed by atoms with Crippen LogP contribution >= 0.6 is 0 Å². The third-order valence-corrected chi connectivity index (χ3v) is 6.56. The average Bonchev–Trinajstić information content (AvgIpc) is 3.30. The molecule has 1 saturated carbocycles. The molecule has 0 aromatic heterocycles. The van der Waals surface area contributed by atoms with Crippen molar-refractivity contribution < 1.29 is 14.4 Å². The molecule has 2 aliphatic heterocycles. The van der Waals surface area contributed by atoms with Gasteiger partial charge in [0.15, 0.2) is 0 Å². The summed E-state index contributed by atoms with van der Waals surface area (Å²) in [5.74, 6) is -0.467. The normalized spacial score (nSPS) is 25.1. The lowest BCUT2D eigenvalue weighted by atomic mass is 9.76. The predicted molar refractivity (Wildman–Crippen MR) is 114 cm³/mol. The first kappa shape index (κ1) is 18.7. The van der Waals surface area contributed by atoms with Crippen molar-refractivity contribution in [3.8, 4) is 0 Å². The van der Waals surface area contributed by atoms with E-state index in [1.54, 1.807) is 0 Å². The number of carbonyl (C=O) groups is 3. The summed E-state index contributed by atoms with van der Waals surface area (Å²) in [4.78, 5) is 38.5. The van der Waals surface area contributed by atoms with Crippen LogP contribution in [0.3, 0.4) is 0 Å². The lowest BCUT2D eigenvalue weighted by Gasteiger charge is -2.33. The Morgan fingerprint density at radius 1 is 1.03 bits per heavy atom. The number of imide groups is 1. The minimum absolute atomic E-state index is 0.0335. The molecule has 7 nitrogen and oxygen atoms in total. The van der Waals surface area contributed by atoms with Gasteiger partial charge in [0.25, 0.3) is 5.91 Å². The summed E-state index contributed by atoms with van der Waals surface area (Å²) in [6.45, 7) is 0.957. The molecular formula is C23H24N4O3. The van der Waals surface area contributed by atoms with Crippen molar-refractivity contribution in [1.82, 2.24) is 10.6 Å².